The summed E-state index contributed by atoms with van der Waals surface area (Å²) in [6, 6.07) is 7.87. The van der Waals surface area contributed by atoms with Crippen LogP contribution in [0.25, 0.3) is 11.3 Å². The lowest BCUT2D eigenvalue weighted by Crippen LogP contribution is -1.62. The van der Waals surface area contributed by atoms with Gasteiger partial charge in [0.25, 0.3) is 0 Å². The smallest absolute Gasteiger partial charge is 0.335 e. The minimum absolute atomic E-state index is 0.665. The SMILES string of the molecule is c1cc2cc3c(oc-2c1)O3. The third-order valence-electron chi connectivity index (χ3n) is 1.66. The van der Waals surface area contributed by atoms with E-state index >= 15 is 0 Å². The van der Waals surface area contributed by atoms with Crippen molar-refractivity contribution in [2.45, 2.75) is 0 Å². The molecule has 1 aliphatic carbocycles. The monoisotopic (exact) mass is 132 g/mol. The molecule has 3 aliphatic rings. The van der Waals surface area contributed by atoms with Gasteiger partial charge in [-0.25, -0.2) is 0 Å². The van der Waals surface area contributed by atoms with Crippen LogP contribution in [-0.2, 0) is 0 Å². The van der Waals surface area contributed by atoms with Gasteiger partial charge in [-0.3, -0.25) is 0 Å². The van der Waals surface area contributed by atoms with Crippen LogP contribution >= 0.6 is 0 Å². The lowest BCUT2D eigenvalue weighted by Gasteiger charge is -1.87. The van der Waals surface area contributed by atoms with E-state index in [1.807, 2.05) is 24.3 Å². The Hall–Kier alpha value is -1.44. The molecule has 2 nitrogen and oxygen atoms in total. The number of fused-ring (bicyclic) bond motifs is 2. The maximum absolute atomic E-state index is 5.27. The third-order valence-corrected chi connectivity index (χ3v) is 1.66. The molecule has 48 valence electrons. The molecule has 0 N–H and O–H groups in total. The predicted octanol–water partition coefficient (Wildman–Crippen LogP) is 2.49. The van der Waals surface area contributed by atoms with E-state index in [0.717, 1.165) is 17.1 Å². The Morgan fingerprint density at radius 2 is 2.20 bits per heavy atom. The Morgan fingerprint density at radius 1 is 1.20 bits per heavy atom. The average Bonchev–Trinajstić information content (AvgIpc) is 2.52. The lowest BCUT2D eigenvalue weighted by atomic mass is 10.3. The molecule has 0 saturated carbocycles. The largest absolute Gasteiger partial charge is 0.423 e. The van der Waals surface area contributed by atoms with E-state index in [4.69, 9.17) is 9.15 Å². The van der Waals surface area contributed by atoms with Crippen molar-refractivity contribution in [3.05, 3.63) is 24.3 Å². The summed E-state index contributed by atoms with van der Waals surface area (Å²) in [7, 11) is 0. The van der Waals surface area contributed by atoms with E-state index in [1.165, 1.54) is 0 Å². The molecular formula is C8H4O2. The predicted molar refractivity (Wildman–Crippen MR) is 35.4 cm³/mol. The van der Waals surface area contributed by atoms with Crippen LogP contribution in [0.15, 0.2) is 28.7 Å². The van der Waals surface area contributed by atoms with Crippen LogP contribution < -0.4 is 4.74 Å². The second-order valence-corrected chi connectivity index (χ2v) is 2.35. The van der Waals surface area contributed by atoms with Gasteiger partial charge in [-0.2, -0.15) is 0 Å². The molecule has 0 aromatic carbocycles. The lowest BCUT2D eigenvalue weighted by molar-refractivity contribution is 0.475. The van der Waals surface area contributed by atoms with Crippen molar-refractivity contribution in [2.75, 3.05) is 0 Å². The summed E-state index contributed by atoms with van der Waals surface area (Å²) in [5.74, 6) is 2.44. The Bertz CT molecular complexity index is 329. The Kier molecular flexibility index (Phi) is 0.520. The van der Waals surface area contributed by atoms with Crippen LogP contribution in [0.1, 0.15) is 0 Å². The molecule has 0 atom stereocenters. The van der Waals surface area contributed by atoms with E-state index in [0.29, 0.717) is 5.95 Å². The molecule has 0 spiro atoms. The zero-order valence-corrected chi connectivity index (χ0v) is 5.13. The first-order valence-electron chi connectivity index (χ1n) is 3.14. The van der Waals surface area contributed by atoms with Crippen LogP contribution in [0.5, 0.6) is 11.7 Å². The second kappa shape index (κ2) is 1.19. The van der Waals surface area contributed by atoms with Crippen molar-refractivity contribution in [3.63, 3.8) is 0 Å². The van der Waals surface area contributed by atoms with Gasteiger partial charge in [-0.15, -0.1) is 0 Å². The van der Waals surface area contributed by atoms with Gasteiger partial charge in [0.15, 0.2) is 0 Å². The molecule has 0 fully saturated rings. The maximum atomic E-state index is 5.27. The fourth-order valence-corrected chi connectivity index (χ4v) is 1.10. The highest BCUT2D eigenvalue weighted by molar-refractivity contribution is 5.67. The molecule has 2 heterocycles. The van der Waals surface area contributed by atoms with Crippen LogP contribution in [0.2, 0.25) is 0 Å². The molecule has 0 bridgehead atoms. The fraction of sp³-hybridized carbons (Fsp3) is 0. The zero-order valence-electron chi connectivity index (χ0n) is 5.13. The number of hydrogen-bond donors (Lipinski definition) is 0. The average molecular weight is 132 g/mol. The summed E-state index contributed by atoms with van der Waals surface area (Å²) >= 11 is 0. The van der Waals surface area contributed by atoms with Gasteiger partial charge in [-0.1, -0.05) is 12.1 Å². The Labute approximate surface area is 57.4 Å². The highest BCUT2D eigenvalue weighted by Gasteiger charge is 2.26. The fourth-order valence-electron chi connectivity index (χ4n) is 1.10. The van der Waals surface area contributed by atoms with Gasteiger partial charge in [-0.05, 0) is 12.1 Å². The molecule has 2 aliphatic heterocycles. The summed E-state index contributed by atoms with van der Waals surface area (Å²) in [5, 5.41) is 0. The molecule has 10 heavy (non-hydrogen) atoms. The van der Waals surface area contributed by atoms with Crippen LogP contribution in [-0.4, -0.2) is 0 Å². The molecule has 0 unspecified atom stereocenters. The number of rotatable bonds is 0. The highest BCUT2D eigenvalue weighted by atomic mass is 16.7. The summed E-state index contributed by atoms with van der Waals surface area (Å²) < 4.78 is 10.2. The van der Waals surface area contributed by atoms with Crippen molar-refractivity contribution in [1.82, 2.24) is 0 Å². The topological polar surface area (TPSA) is 25.7 Å². The highest BCUT2D eigenvalue weighted by Crippen LogP contribution is 2.49. The first-order chi connectivity index (χ1) is 4.93. The molecule has 0 saturated heterocycles. The molecule has 0 radical (unpaired) electrons. The quantitative estimate of drug-likeness (QED) is 0.439. The Morgan fingerprint density at radius 3 is 3.20 bits per heavy atom. The maximum Gasteiger partial charge on any atom is 0.335 e. The summed E-state index contributed by atoms with van der Waals surface area (Å²) in [4.78, 5) is 0. The van der Waals surface area contributed by atoms with E-state index in [9.17, 15) is 0 Å². The van der Waals surface area contributed by atoms with Gasteiger partial charge in [0.1, 0.15) is 5.76 Å². The first kappa shape index (κ1) is 4.39. The van der Waals surface area contributed by atoms with Gasteiger partial charge < -0.3 is 9.15 Å². The molecule has 3 rings (SSSR count). The molecule has 0 aromatic rings. The Balaban J connectivity index is 2.48. The van der Waals surface area contributed by atoms with Crippen molar-refractivity contribution in [3.8, 4) is 23.0 Å². The molecule has 0 aromatic heterocycles. The van der Waals surface area contributed by atoms with Crippen molar-refractivity contribution in [1.29, 1.82) is 0 Å². The molecule has 0 amide bonds. The second-order valence-electron chi connectivity index (χ2n) is 2.35. The van der Waals surface area contributed by atoms with Gasteiger partial charge >= 0.3 is 5.95 Å². The van der Waals surface area contributed by atoms with E-state index in [2.05, 4.69) is 0 Å². The number of hydrogen-bond acceptors (Lipinski definition) is 2. The minimum Gasteiger partial charge on any atom is -0.423 e. The van der Waals surface area contributed by atoms with Crippen molar-refractivity contribution in [2.24, 2.45) is 0 Å². The van der Waals surface area contributed by atoms with E-state index in [1.54, 1.807) is 0 Å². The van der Waals surface area contributed by atoms with Gasteiger partial charge in [0.05, 0.1) is 0 Å². The normalized spacial score (nSPS) is 12.8. The van der Waals surface area contributed by atoms with E-state index < -0.39 is 0 Å². The van der Waals surface area contributed by atoms with Gasteiger partial charge in [0.2, 0.25) is 5.75 Å². The summed E-state index contributed by atoms with van der Waals surface area (Å²) in [6.45, 7) is 0. The van der Waals surface area contributed by atoms with E-state index in [-0.39, 0.29) is 0 Å². The molecular weight excluding hydrogens is 128 g/mol. The number of ether oxygens (including phenoxy) is 1. The van der Waals surface area contributed by atoms with Crippen molar-refractivity contribution < 1.29 is 9.15 Å². The minimum atomic E-state index is 0.665. The third kappa shape index (κ3) is 0.398. The van der Waals surface area contributed by atoms with Crippen LogP contribution in [0.4, 0.5) is 0 Å². The summed E-state index contributed by atoms with van der Waals surface area (Å²) in [6.07, 6.45) is 0. The van der Waals surface area contributed by atoms with Crippen molar-refractivity contribution >= 4 is 0 Å². The van der Waals surface area contributed by atoms with Gasteiger partial charge in [0, 0.05) is 5.56 Å². The standard InChI is InChI=1S/C8H4O2/c1-2-5-4-7-8(10-7)9-6(5)3-1/h1-4H. The summed E-state index contributed by atoms with van der Waals surface area (Å²) in [5.41, 5.74) is 1.11. The molecule has 2 heteroatoms. The van der Waals surface area contributed by atoms with Crippen LogP contribution in [0.3, 0.4) is 0 Å². The van der Waals surface area contributed by atoms with Crippen LogP contribution in [0, 0.1) is 0 Å². The first-order valence-corrected chi connectivity index (χ1v) is 3.14. The zero-order chi connectivity index (χ0) is 6.55.